The third-order valence-corrected chi connectivity index (χ3v) is 5.45. The summed E-state index contributed by atoms with van der Waals surface area (Å²) < 4.78 is 7.77. The molecule has 0 aliphatic rings. The van der Waals surface area contributed by atoms with Gasteiger partial charge in [-0.1, -0.05) is 19.1 Å². The van der Waals surface area contributed by atoms with Gasteiger partial charge in [0.2, 0.25) is 11.8 Å². The zero-order chi connectivity index (χ0) is 23.8. The molecule has 3 aromatic rings. The summed E-state index contributed by atoms with van der Waals surface area (Å²) in [5.41, 5.74) is 2.57. The Kier molecular flexibility index (Phi) is 8.37. The minimum Gasteiger partial charge on any atom is -0.494 e. The Morgan fingerprint density at radius 2 is 1.79 bits per heavy atom. The van der Waals surface area contributed by atoms with E-state index in [1.54, 1.807) is 6.92 Å². The van der Waals surface area contributed by atoms with Gasteiger partial charge in [0.15, 0.2) is 10.6 Å². The minimum atomic E-state index is -0.170. The first-order valence-electron chi connectivity index (χ1n) is 11.0. The van der Waals surface area contributed by atoms with Crippen LogP contribution in [0.4, 0.5) is 5.69 Å². The van der Waals surface area contributed by atoms with Crippen molar-refractivity contribution in [3.8, 4) is 17.1 Å². The lowest BCUT2D eigenvalue weighted by Crippen LogP contribution is -2.27. The Hall–Kier alpha value is -3.46. The maximum absolute atomic E-state index is 12.6. The number of carbonyl (C=O) groups is 2. The van der Waals surface area contributed by atoms with Crippen LogP contribution in [-0.4, -0.2) is 33.2 Å². The van der Waals surface area contributed by atoms with Gasteiger partial charge in [-0.2, -0.15) is 5.10 Å². The monoisotopic (exact) mass is 467 g/mol. The number of benzene rings is 2. The lowest BCUT2D eigenvalue weighted by Gasteiger charge is -2.15. The Morgan fingerprint density at radius 3 is 2.42 bits per heavy atom. The quantitative estimate of drug-likeness (QED) is 0.378. The minimum absolute atomic E-state index is 0.0356. The highest BCUT2D eigenvalue weighted by atomic mass is 32.1. The van der Waals surface area contributed by atoms with Gasteiger partial charge >= 0.3 is 0 Å². The van der Waals surface area contributed by atoms with E-state index in [0.29, 0.717) is 30.2 Å². The van der Waals surface area contributed by atoms with Crippen LogP contribution in [0, 0.1) is 4.77 Å². The fourth-order valence-electron chi connectivity index (χ4n) is 3.33. The third-order valence-electron chi connectivity index (χ3n) is 5.14. The topological polar surface area (TPSA) is 101 Å². The van der Waals surface area contributed by atoms with Crippen LogP contribution < -0.4 is 15.4 Å². The summed E-state index contributed by atoms with van der Waals surface area (Å²) in [5, 5.41) is 13.0. The molecular weight excluding hydrogens is 438 g/mol. The molecule has 0 radical (unpaired) electrons. The summed E-state index contributed by atoms with van der Waals surface area (Å²) in [6.07, 6.45) is 0.683. The molecule has 9 heteroatoms. The third kappa shape index (κ3) is 6.52. The molecule has 1 heterocycles. The van der Waals surface area contributed by atoms with E-state index in [9.17, 15) is 9.59 Å². The average Bonchev–Trinajstić information content (AvgIpc) is 3.19. The van der Waals surface area contributed by atoms with Crippen molar-refractivity contribution < 1.29 is 14.3 Å². The predicted octanol–water partition coefficient (Wildman–Crippen LogP) is 4.62. The second-order valence-corrected chi connectivity index (χ2v) is 7.91. The Morgan fingerprint density at radius 1 is 1.09 bits per heavy atom. The lowest BCUT2D eigenvalue weighted by atomic mass is 10.1. The van der Waals surface area contributed by atoms with Crippen LogP contribution in [0.15, 0.2) is 48.5 Å². The highest BCUT2D eigenvalue weighted by molar-refractivity contribution is 7.71. The molecule has 8 nitrogen and oxygen atoms in total. The molecule has 2 aromatic carbocycles. The summed E-state index contributed by atoms with van der Waals surface area (Å²) in [4.78, 5) is 24.1. The molecule has 1 aromatic heterocycles. The number of carbonyl (C=O) groups excluding carboxylic acids is 2. The number of amides is 2. The van der Waals surface area contributed by atoms with Crippen LogP contribution in [0.5, 0.6) is 5.75 Å². The van der Waals surface area contributed by atoms with E-state index in [1.165, 1.54) is 0 Å². The maximum atomic E-state index is 12.6. The van der Waals surface area contributed by atoms with Gasteiger partial charge in [-0.3, -0.25) is 19.3 Å². The maximum Gasteiger partial charge on any atom is 0.224 e. The van der Waals surface area contributed by atoms with Crippen molar-refractivity contribution in [3.05, 3.63) is 58.9 Å². The lowest BCUT2D eigenvalue weighted by molar-refractivity contribution is -0.122. The number of hydrogen-bond donors (Lipinski definition) is 3. The number of hydrogen-bond acceptors (Lipinski definition) is 5. The number of aromatic amines is 1. The van der Waals surface area contributed by atoms with E-state index >= 15 is 0 Å². The Labute approximate surface area is 198 Å². The number of aromatic nitrogens is 3. The van der Waals surface area contributed by atoms with Crippen LogP contribution in [-0.2, 0) is 16.1 Å². The Balaban J connectivity index is 1.59. The van der Waals surface area contributed by atoms with Crippen molar-refractivity contribution in [2.75, 3.05) is 11.9 Å². The molecular formula is C24H29N5O3S. The smallest absolute Gasteiger partial charge is 0.224 e. The summed E-state index contributed by atoms with van der Waals surface area (Å²) in [7, 11) is 0. The number of rotatable bonds is 10. The van der Waals surface area contributed by atoms with Gasteiger partial charge in [0, 0.05) is 30.6 Å². The molecule has 0 aliphatic carbocycles. The van der Waals surface area contributed by atoms with E-state index in [4.69, 9.17) is 17.0 Å². The standard InChI is InChI=1S/C24H29N5O3S/c1-4-21(30)26-19-10-6-17(7-11-19)16(3)25-22(31)14-15-29-23(27-28-24(29)33)18-8-12-20(13-9-18)32-5-2/h6-13,16H,4-5,14-15H2,1-3H3,(H,25,31)(H,26,30)(H,28,33). The molecule has 1 atom stereocenters. The molecule has 2 amide bonds. The summed E-state index contributed by atoms with van der Waals surface area (Å²) >= 11 is 5.37. The van der Waals surface area contributed by atoms with Crippen molar-refractivity contribution in [1.29, 1.82) is 0 Å². The van der Waals surface area contributed by atoms with Gasteiger partial charge in [0.05, 0.1) is 12.6 Å². The Bertz CT molecular complexity index is 1140. The molecule has 174 valence electrons. The molecule has 0 fully saturated rings. The van der Waals surface area contributed by atoms with Crippen LogP contribution >= 0.6 is 12.2 Å². The highest BCUT2D eigenvalue weighted by Gasteiger charge is 2.13. The highest BCUT2D eigenvalue weighted by Crippen LogP contribution is 2.22. The van der Waals surface area contributed by atoms with Gasteiger partial charge in [0.1, 0.15) is 5.75 Å². The molecule has 0 aliphatic heterocycles. The first-order valence-corrected chi connectivity index (χ1v) is 11.4. The molecule has 0 saturated heterocycles. The van der Waals surface area contributed by atoms with E-state index in [2.05, 4.69) is 20.8 Å². The largest absolute Gasteiger partial charge is 0.494 e. The second kappa shape index (κ2) is 11.4. The van der Waals surface area contributed by atoms with E-state index in [0.717, 1.165) is 22.6 Å². The number of anilines is 1. The first-order chi connectivity index (χ1) is 15.9. The van der Waals surface area contributed by atoms with Crippen molar-refractivity contribution >= 4 is 29.7 Å². The van der Waals surface area contributed by atoms with E-state index in [-0.39, 0.29) is 24.3 Å². The molecule has 3 N–H and O–H groups in total. The van der Waals surface area contributed by atoms with Crippen LogP contribution in [0.1, 0.15) is 45.2 Å². The summed E-state index contributed by atoms with van der Waals surface area (Å²) in [6.45, 7) is 6.67. The van der Waals surface area contributed by atoms with Gasteiger partial charge in [-0.05, 0) is 68.0 Å². The average molecular weight is 468 g/mol. The van der Waals surface area contributed by atoms with Gasteiger partial charge in [0.25, 0.3) is 0 Å². The number of H-pyrrole nitrogens is 1. The van der Waals surface area contributed by atoms with E-state index < -0.39 is 0 Å². The SMILES string of the molecule is CCOc1ccc(-c2n[nH]c(=S)n2CCC(=O)NC(C)c2ccc(NC(=O)CC)cc2)cc1. The molecule has 0 bridgehead atoms. The van der Waals surface area contributed by atoms with Crippen LogP contribution in [0.25, 0.3) is 11.4 Å². The molecule has 1 unspecified atom stereocenters. The normalized spacial score (nSPS) is 11.6. The second-order valence-electron chi connectivity index (χ2n) is 7.52. The zero-order valence-corrected chi connectivity index (χ0v) is 19.9. The van der Waals surface area contributed by atoms with Crippen LogP contribution in [0.2, 0.25) is 0 Å². The van der Waals surface area contributed by atoms with Crippen molar-refractivity contribution in [3.63, 3.8) is 0 Å². The van der Waals surface area contributed by atoms with Gasteiger partial charge in [-0.25, -0.2) is 0 Å². The fraction of sp³-hybridized carbons (Fsp3) is 0.333. The van der Waals surface area contributed by atoms with E-state index in [1.807, 2.05) is 66.9 Å². The first kappa shape index (κ1) is 24.2. The predicted molar refractivity (Wildman–Crippen MR) is 131 cm³/mol. The fourth-order valence-corrected chi connectivity index (χ4v) is 3.55. The van der Waals surface area contributed by atoms with Crippen LogP contribution in [0.3, 0.4) is 0 Å². The van der Waals surface area contributed by atoms with Gasteiger partial charge in [-0.15, -0.1) is 0 Å². The van der Waals surface area contributed by atoms with Crippen molar-refractivity contribution in [2.24, 2.45) is 0 Å². The zero-order valence-electron chi connectivity index (χ0n) is 19.1. The summed E-state index contributed by atoms with van der Waals surface area (Å²) in [5.74, 6) is 1.34. The number of nitrogens with zero attached hydrogens (tertiary/aromatic N) is 2. The molecule has 3 rings (SSSR count). The van der Waals surface area contributed by atoms with Crippen molar-refractivity contribution in [1.82, 2.24) is 20.1 Å². The molecule has 0 saturated carbocycles. The summed E-state index contributed by atoms with van der Waals surface area (Å²) in [6, 6.07) is 14.9. The molecule has 33 heavy (non-hydrogen) atoms. The number of ether oxygens (including phenoxy) is 1. The van der Waals surface area contributed by atoms with Crippen molar-refractivity contribution in [2.45, 2.75) is 46.2 Å². The number of nitrogens with one attached hydrogen (secondary N) is 3. The molecule has 0 spiro atoms. The van der Waals surface area contributed by atoms with Gasteiger partial charge < -0.3 is 15.4 Å².